The summed E-state index contributed by atoms with van der Waals surface area (Å²) in [6.07, 6.45) is 4.95. The Bertz CT molecular complexity index is 421. The summed E-state index contributed by atoms with van der Waals surface area (Å²) in [5.41, 5.74) is 2.26. The largest absolute Gasteiger partial charge is 0.496 e. The summed E-state index contributed by atoms with van der Waals surface area (Å²) < 4.78 is 11.5. The molecule has 4 heteroatoms. The van der Waals surface area contributed by atoms with E-state index in [2.05, 4.69) is 57.8 Å². The number of rotatable bonds is 10. The van der Waals surface area contributed by atoms with Crippen molar-refractivity contribution < 1.29 is 9.47 Å². The molecule has 0 aliphatic rings. The van der Waals surface area contributed by atoms with Gasteiger partial charge in [-0.3, -0.25) is 0 Å². The molecule has 21 heavy (non-hydrogen) atoms. The van der Waals surface area contributed by atoms with Gasteiger partial charge in [0.25, 0.3) is 0 Å². The zero-order chi connectivity index (χ0) is 15.7. The fourth-order valence-corrected chi connectivity index (χ4v) is 3.16. The van der Waals surface area contributed by atoms with Crippen LogP contribution in [0.25, 0.3) is 0 Å². The molecule has 1 aromatic carbocycles. The lowest BCUT2D eigenvalue weighted by molar-refractivity contribution is 0.231. The molecule has 0 amide bonds. The summed E-state index contributed by atoms with van der Waals surface area (Å²) in [7, 11) is 1.71. The summed E-state index contributed by atoms with van der Waals surface area (Å²) in [5.74, 6) is 2.52. The second-order valence-electron chi connectivity index (χ2n) is 5.27. The molecule has 1 rings (SSSR count). The molecule has 0 fully saturated rings. The number of unbranched alkanes of at least 4 members (excludes halogenated alkanes) is 1. The summed E-state index contributed by atoms with van der Waals surface area (Å²) in [4.78, 5) is 0. The SMILES string of the molecule is CCCC[C@H](CC)COc1cc(CBr)c(OC)cc1CBr. The minimum Gasteiger partial charge on any atom is -0.496 e. The van der Waals surface area contributed by atoms with Crippen LogP contribution in [-0.2, 0) is 10.7 Å². The van der Waals surface area contributed by atoms with Crippen molar-refractivity contribution in [1.82, 2.24) is 0 Å². The van der Waals surface area contributed by atoms with Crippen LogP contribution in [0.2, 0.25) is 0 Å². The Balaban J connectivity index is 2.81. The normalized spacial score (nSPS) is 12.2. The van der Waals surface area contributed by atoms with Crippen LogP contribution in [0.15, 0.2) is 12.1 Å². The van der Waals surface area contributed by atoms with Crippen molar-refractivity contribution in [3.05, 3.63) is 23.3 Å². The fourth-order valence-electron chi connectivity index (χ4n) is 2.28. The maximum Gasteiger partial charge on any atom is 0.123 e. The summed E-state index contributed by atoms with van der Waals surface area (Å²) in [6, 6.07) is 4.16. The zero-order valence-electron chi connectivity index (χ0n) is 13.3. The Morgan fingerprint density at radius 2 is 1.67 bits per heavy atom. The van der Waals surface area contributed by atoms with Crippen molar-refractivity contribution in [1.29, 1.82) is 0 Å². The Labute approximate surface area is 145 Å². The molecule has 0 aliphatic carbocycles. The fraction of sp³-hybridized carbons (Fsp3) is 0.647. The van der Waals surface area contributed by atoms with Crippen LogP contribution < -0.4 is 9.47 Å². The Morgan fingerprint density at radius 3 is 2.19 bits per heavy atom. The quantitative estimate of drug-likeness (QED) is 0.426. The maximum absolute atomic E-state index is 6.11. The minimum atomic E-state index is 0.641. The lowest BCUT2D eigenvalue weighted by Crippen LogP contribution is -2.12. The van der Waals surface area contributed by atoms with Gasteiger partial charge < -0.3 is 9.47 Å². The number of methoxy groups -OCH3 is 1. The predicted octanol–water partition coefficient (Wildman–Crippen LogP) is 6.08. The first kappa shape index (κ1) is 18.8. The average molecular weight is 422 g/mol. The molecule has 0 unspecified atom stereocenters. The van der Waals surface area contributed by atoms with Crippen LogP contribution in [0, 0.1) is 5.92 Å². The lowest BCUT2D eigenvalue weighted by Gasteiger charge is -2.18. The Kier molecular flexibility index (Phi) is 9.41. The number of ether oxygens (including phenoxy) is 2. The third-order valence-corrected chi connectivity index (χ3v) is 4.98. The van der Waals surface area contributed by atoms with Gasteiger partial charge in [-0.25, -0.2) is 0 Å². The zero-order valence-corrected chi connectivity index (χ0v) is 16.4. The van der Waals surface area contributed by atoms with Crippen molar-refractivity contribution >= 4 is 31.9 Å². The molecule has 1 aromatic rings. The number of halogens is 2. The van der Waals surface area contributed by atoms with E-state index in [1.807, 2.05) is 0 Å². The van der Waals surface area contributed by atoms with E-state index in [-0.39, 0.29) is 0 Å². The third kappa shape index (κ3) is 5.82. The molecule has 0 saturated carbocycles. The standard InChI is InChI=1S/C17H26Br2O2/c1-4-6-7-13(5-2)12-21-17-9-14(10-18)16(20-3)8-15(17)11-19/h8-9,13H,4-7,10-12H2,1-3H3/t13-/m0/s1. The van der Waals surface area contributed by atoms with E-state index in [0.717, 1.165) is 39.9 Å². The van der Waals surface area contributed by atoms with Gasteiger partial charge >= 0.3 is 0 Å². The predicted molar refractivity (Wildman–Crippen MR) is 97.1 cm³/mol. The molecule has 0 N–H and O–H groups in total. The van der Waals surface area contributed by atoms with E-state index in [4.69, 9.17) is 9.47 Å². The molecular weight excluding hydrogens is 396 g/mol. The van der Waals surface area contributed by atoms with Crippen LogP contribution in [0.3, 0.4) is 0 Å². The topological polar surface area (TPSA) is 18.5 Å². The minimum absolute atomic E-state index is 0.641. The summed E-state index contributed by atoms with van der Waals surface area (Å²) in [6.45, 7) is 5.28. The number of benzene rings is 1. The smallest absolute Gasteiger partial charge is 0.123 e. The van der Waals surface area contributed by atoms with E-state index in [1.54, 1.807) is 7.11 Å². The molecule has 0 aromatic heterocycles. The van der Waals surface area contributed by atoms with Gasteiger partial charge in [0.2, 0.25) is 0 Å². The molecule has 0 spiro atoms. The molecule has 0 saturated heterocycles. The molecule has 0 heterocycles. The van der Waals surface area contributed by atoms with Gasteiger partial charge in [0.1, 0.15) is 11.5 Å². The van der Waals surface area contributed by atoms with E-state index >= 15 is 0 Å². The highest BCUT2D eigenvalue weighted by Gasteiger charge is 2.13. The molecular formula is C17H26Br2O2. The highest BCUT2D eigenvalue weighted by molar-refractivity contribution is 9.08. The molecule has 0 aliphatic heterocycles. The van der Waals surface area contributed by atoms with Crippen LogP contribution >= 0.6 is 31.9 Å². The van der Waals surface area contributed by atoms with Gasteiger partial charge in [0, 0.05) is 21.8 Å². The van der Waals surface area contributed by atoms with E-state index < -0.39 is 0 Å². The maximum atomic E-state index is 6.11. The van der Waals surface area contributed by atoms with Gasteiger partial charge in [-0.1, -0.05) is 65.0 Å². The number of hydrogen-bond acceptors (Lipinski definition) is 2. The summed E-state index contributed by atoms with van der Waals surface area (Å²) in [5, 5.41) is 1.54. The first-order chi connectivity index (χ1) is 10.2. The van der Waals surface area contributed by atoms with E-state index in [9.17, 15) is 0 Å². The monoisotopic (exact) mass is 420 g/mol. The van der Waals surface area contributed by atoms with Crippen LogP contribution in [0.5, 0.6) is 11.5 Å². The van der Waals surface area contributed by atoms with Crippen molar-refractivity contribution in [2.75, 3.05) is 13.7 Å². The first-order valence-corrected chi connectivity index (χ1v) is 9.88. The van der Waals surface area contributed by atoms with Gasteiger partial charge in [0.15, 0.2) is 0 Å². The Hall–Kier alpha value is -0.220. The average Bonchev–Trinajstić information content (AvgIpc) is 2.54. The van der Waals surface area contributed by atoms with E-state index in [0.29, 0.717) is 5.92 Å². The summed E-state index contributed by atoms with van der Waals surface area (Å²) >= 11 is 7.05. The first-order valence-electron chi connectivity index (χ1n) is 7.64. The number of hydrogen-bond donors (Lipinski definition) is 0. The van der Waals surface area contributed by atoms with Crippen LogP contribution in [0.4, 0.5) is 0 Å². The molecule has 0 radical (unpaired) electrons. The van der Waals surface area contributed by atoms with Gasteiger partial charge in [0.05, 0.1) is 13.7 Å². The van der Waals surface area contributed by atoms with Crippen molar-refractivity contribution in [2.24, 2.45) is 5.92 Å². The molecule has 1 atom stereocenters. The van der Waals surface area contributed by atoms with Gasteiger partial charge in [-0.15, -0.1) is 0 Å². The molecule has 0 bridgehead atoms. The third-order valence-electron chi connectivity index (χ3n) is 3.77. The van der Waals surface area contributed by atoms with E-state index in [1.165, 1.54) is 25.7 Å². The number of alkyl halides is 2. The van der Waals surface area contributed by atoms with Crippen molar-refractivity contribution in [2.45, 2.75) is 50.2 Å². The molecule has 2 nitrogen and oxygen atoms in total. The van der Waals surface area contributed by atoms with Crippen LogP contribution in [-0.4, -0.2) is 13.7 Å². The van der Waals surface area contributed by atoms with Crippen LogP contribution in [0.1, 0.15) is 50.7 Å². The Morgan fingerprint density at radius 1 is 1.05 bits per heavy atom. The van der Waals surface area contributed by atoms with Crippen molar-refractivity contribution in [3.8, 4) is 11.5 Å². The van der Waals surface area contributed by atoms with Gasteiger partial charge in [-0.05, 0) is 24.5 Å². The molecule has 120 valence electrons. The highest BCUT2D eigenvalue weighted by atomic mass is 79.9. The van der Waals surface area contributed by atoms with Gasteiger partial charge in [-0.2, -0.15) is 0 Å². The van der Waals surface area contributed by atoms with Crippen molar-refractivity contribution in [3.63, 3.8) is 0 Å². The second-order valence-corrected chi connectivity index (χ2v) is 6.39. The lowest BCUT2D eigenvalue weighted by atomic mass is 10.0. The second kappa shape index (κ2) is 10.5. The highest BCUT2D eigenvalue weighted by Crippen LogP contribution is 2.32.